The maximum Gasteiger partial charge on any atom is 0.246 e. The van der Waals surface area contributed by atoms with Gasteiger partial charge < -0.3 is 51.9 Å². The summed E-state index contributed by atoms with van der Waals surface area (Å²) < 4.78 is 0. The molecule has 20 heteroatoms. The predicted octanol–water partition coefficient (Wildman–Crippen LogP) is 4.09. The van der Waals surface area contributed by atoms with E-state index in [-0.39, 0.29) is 86.3 Å². The molecule has 0 bridgehead atoms. The Kier molecular flexibility index (Phi) is 24.3. The molecule has 8 N–H and O–H groups in total. The Morgan fingerprint density at radius 2 is 0.882 bits per heavy atom. The number of ketones is 2. The molecular weight excluding hydrogens is 1020 g/mol. The molecule has 2 heterocycles. The van der Waals surface area contributed by atoms with E-state index >= 15 is 0 Å². The van der Waals surface area contributed by atoms with Gasteiger partial charge in [-0.25, -0.2) is 0 Å². The van der Waals surface area contributed by atoms with Crippen LogP contribution in [-0.2, 0) is 28.8 Å². The lowest BCUT2D eigenvalue weighted by Crippen LogP contribution is -2.59. The fourth-order valence-electron chi connectivity index (χ4n) is 9.55. The molecule has 0 aliphatic carbocycles. The summed E-state index contributed by atoms with van der Waals surface area (Å²) in [6.45, 7) is 13.4. The second kappa shape index (κ2) is 28.6. The van der Waals surface area contributed by atoms with Gasteiger partial charge in [-0.2, -0.15) is 0 Å². The van der Waals surface area contributed by atoms with E-state index in [2.05, 4.69) is 31.9 Å². The molecule has 2 fully saturated rings. The molecule has 10 atom stereocenters. The number of likely N-dealkylation sites (tertiary alicyclic amines) is 2. The molecule has 18 nitrogen and oxygen atoms in total. The van der Waals surface area contributed by atoms with Crippen LogP contribution in [0.1, 0.15) is 125 Å². The van der Waals surface area contributed by atoms with E-state index in [0.29, 0.717) is 11.1 Å². The van der Waals surface area contributed by atoms with Crippen molar-refractivity contribution in [1.29, 1.82) is 0 Å². The quantitative estimate of drug-likeness (QED) is 0.0663. The monoisotopic (exact) mass is 1090 g/mol. The summed E-state index contributed by atoms with van der Waals surface area (Å²) in [7, 11) is 3.26. The molecule has 418 valence electrons. The molecule has 0 saturated carbocycles. The number of aliphatic hydroxyl groups excluding tert-OH is 2. The number of halogens is 2. The van der Waals surface area contributed by atoms with E-state index < -0.39 is 120 Å². The minimum Gasteiger partial charge on any atom is -0.394 e. The van der Waals surface area contributed by atoms with Gasteiger partial charge in [0.1, 0.15) is 24.2 Å². The van der Waals surface area contributed by atoms with Crippen molar-refractivity contribution in [1.82, 2.24) is 41.7 Å². The zero-order chi connectivity index (χ0) is 54.7. The van der Waals surface area contributed by atoms with E-state index in [4.69, 9.17) is 0 Å². The molecule has 3 aromatic carbocycles. The smallest absolute Gasteiger partial charge is 0.246 e. The molecule has 2 aliphatic heterocycles. The highest BCUT2D eigenvalue weighted by Crippen LogP contribution is 2.34. The van der Waals surface area contributed by atoms with Crippen molar-refractivity contribution < 1.29 is 48.6 Å². The van der Waals surface area contributed by atoms with Crippen LogP contribution in [-0.4, -0.2) is 144 Å². The molecule has 76 heavy (non-hydrogen) atoms. The van der Waals surface area contributed by atoms with Crippen molar-refractivity contribution >= 4 is 71.8 Å². The number of hydrogen-bond acceptors (Lipinski definition) is 12. The second-order valence-corrected chi connectivity index (χ2v) is 22.0. The Morgan fingerprint density at radius 1 is 0.539 bits per heavy atom. The van der Waals surface area contributed by atoms with Crippen molar-refractivity contribution in [3.63, 3.8) is 0 Å². The SMILES string of the molecule is CN[C@@H](C)C(=O)N[C@H](C(=O)N1C[C@@H](CC(=O)c2cccc(C(=O)C[C@H]3C[C@@H](C(=O)N[C@H](CO)c4ccccc4)N(C(=O)[C@@H](NC(=O)[C@H](C)NC)C(C)(C)C)C3)c2)C[C@H]1C(=O)N[C@H](CO)c1ccccc1)C(C)(C)C.Cl.Cl. The van der Waals surface area contributed by atoms with E-state index in [1.165, 1.54) is 15.9 Å². The van der Waals surface area contributed by atoms with Gasteiger partial charge in [-0.1, -0.05) is 120 Å². The standard InChI is InChI=1S/C56H78N8O10.2ClH/c1-33(57-9)49(69)61-47(55(3,4)5)53(73)63-29-35(24-43(63)51(71)59-41(31-65)37-18-13-11-14-19-37)26-45(67)39-22-17-23-40(28-39)46(68)27-36-25-44(52(72)60-42(32-66)38-20-15-12-16-21-38)64(30-36)54(74)48(56(6,7)8)62-50(70)34(2)58-10;;/h11-23,28,33-36,41-44,47-48,57-58,65-66H,24-27,29-32H2,1-10H3,(H,59,71)(H,60,72)(H,61,69)(H,62,70);2*1H/t33-,34-,35+,36+,41+,42+,43-,44-,47+,48+;;/m0../s1. The van der Waals surface area contributed by atoms with Gasteiger partial charge >= 0.3 is 0 Å². The Hall–Kier alpha value is -5.76. The van der Waals surface area contributed by atoms with Crippen molar-refractivity contribution in [3.05, 3.63) is 107 Å². The van der Waals surface area contributed by atoms with E-state index in [1.54, 1.807) is 94.7 Å². The first-order chi connectivity index (χ1) is 34.9. The molecule has 0 radical (unpaired) electrons. The number of nitrogens with zero attached hydrogens (tertiary/aromatic N) is 2. The molecule has 5 rings (SSSR count). The van der Waals surface area contributed by atoms with Crippen LogP contribution in [0.25, 0.3) is 0 Å². The lowest BCUT2D eigenvalue weighted by atomic mass is 9.85. The molecule has 2 saturated heterocycles. The zero-order valence-corrected chi connectivity index (χ0v) is 47.0. The highest BCUT2D eigenvalue weighted by atomic mass is 35.5. The molecular formula is C56H80Cl2N8O10. The van der Waals surface area contributed by atoms with Crippen LogP contribution in [0.2, 0.25) is 0 Å². The summed E-state index contributed by atoms with van der Waals surface area (Å²) in [5.41, 5.74) is 0.251. The first kappa shape index (κ1) is 64.5. The fraction of sp³-hybridized carbons (Fsp3) is 0.536. The number of nitrogens with one attached hydrogen (secondary N) is 6. The van der Waals surface area contributed by atoms with Crippen molar-refractivity contribution in [3.8, 4) is 0 Å². The van der Waals surface area contributed by atoms with E-state index in [1.807, 2.05) is 53.7 Å². The van der Waals surface area contributed by atoms with Crippen LogP contribution < -0.4 is 31.9 Å². The van der Waals surface area contributed by atoms with Crippen LogP contribution in [0.3, 0.4) is 0 Å². The Morgan fingerprint density at radius 3 is 1.18 bits per heavy atom. The number of aliphatic hydroxyl groups is 2. The first-order valence-electron chi connectivity index (χ1n) is 25.6. The van der Waals surface area contributed by atoms with Crippen molar-refractivity contribution in [2.45, 2.75) is 129 Å². The number of carbonyl (C=O) groups is 8. The van der Waals surface area contributed by atoms with Gasteiger partial charge in [0.05, 0.1) is 37.4 Å². The van der Waals surface area contributed by atoms with Gasteiger partial charge in [-0.15, -0.1) is 24.8 Å². The summed E-state index contributed by atoms with van der Waals surface area (Å²) >= 11 is 0. The third-order valence-corrected chi connectivity index (χ3v) is 14.3. The Balaban J connectivity index is 0.00000760. The van der Waals surface area contributed by atoms with Gasteiger partial charge in [-0.05, 0) is 80.6 Å². The topological polar surface area (TPSA) is 256 Å². The predicted molar refractivity (Wildman–Crippen MR) is 295 cm³/mol. The molecule has 3 aromatic rings. The number of Topliss-reactive ketones (excluding diaryl/α,β-unsaturated/α-hetero) is 2. The summed E-state index contributed by atoms with van der Waals surface area (Å²) in [6.07, 6.45) is 0.0564. The Bertz CT molecular complexity index is 2310. The van der Waals surface area contributed by atoms with E-state index in [0.717, 1.165) is 0 Å². The summed E-state index contributed by atoms with van der Waals surface area (Å²) in [6, 6.07) is 17.2. The van der Waals surface area contributed by atoms with E-state index in [9.17, 15) is 48.6 Å². The van der Waals surface area contributed by atoms with Crippen LogP contribution in [0.15, 0.2) is 84.9 Å². The summed E-state index contributed by atoms with van der Waals surface area (Å²) in [5, 5.41) is 37.9. The highest BCUT2D eigenvalue weighted by molar-refractivity contribution is 6.02. The number of likely N-dealkylation sites (N-methyl/N-ethyl adjacent to an activating group) is 2. The van der Waals surface area contributed by atoms with Crippen LogP contribution in [0.4, 0.5) is 0 Å². The minimum absolute atomic E-state index is 0. The lowest BCUT2D eigenvalue weighted by Gasteiger charge is -2.36. The van der Waals surface area contributed by atoms with Gasteiger partial charge in [-0.3, -0.25) is 38.4 Å². The van der Waals surface area contributed by atoms with Crippen LogP contribution in [0, 0.1) is 22.7 Å². The third-order valence-electron chi connectivity index (χ3n) is 14.3. The molecule has 0 aromatic heterocycles. The Labute approximate surface area is 459 Å². The number of amides is 6. The number of carbonyl (C=O) groups excluding carboxylic acids is 8. The van der Waals surface area contributed by atoms with Crippen LogP contribution in [0.5, 0.6) is 0 Å². The van der Waals surface area contributed by atoms with Gasteiger partial charge in [0.25, 0.3) is 0 Å². The van der Waals surface area contributed by atoms with Gasteiger partial charge in [0.2, 0.25) is 35.4 Å². The minimum atomic E-state index is -1.04. The lowest BCUT2D eigenvalue weighted by molar-refractivity contribution is -0.144. The zero-order valence-electron chi connectivity index (χ0n) is 45.4. The first-order valence-corrected chi connectivity index (χ1v) is 25.6. The normalized spacial score (nSPS) is 19.8. The van der Waals surface area contributed by atoms with Crippen LogP contribution >= 0.6 is 24.8 Å². The average molecular weight is 1100 g/mol. The highest BCUT2D eigenvalue weighted by Gasteiger charge is 2.48. The van der Waals surface area contributed by atoms with Crippen molar-refractivity contribution in [2.75, 3.05) is 40.4 Å². The number of rotatable bonds is 22. The van der Waals surface area contributed by atoms with Gasteiger partial charge in [0.15, 0.2) is 11.6 Å². The van der Waals surface area contributed by atoms with Crippen molar-refractivity contribution in [2.24, 2.45) is 22.7 Å². The summed E-state index contributed by atoms with van der Waals surface area (Å²) in [4.78, 5) is 115. The maximum absolute atomic E-state index is 14.6. The molecule has 0 unspecified atom stereocenters. The average Bonchev–Trinajstić information content (AvgIpc) is 4.01. The maximum atomic E-state index is 14.6. The number of hydrogen-bond donors (Lipinski definition) is 8. The molecule has 2 aliphatic rings. The van der Waals surface area contributed by atoms with Gasteiger partial charge in [0, 0.05) is 37.1 Å². The molecule has 6 amide bonds. The number of benzene rings is 3. The third kappa shape index (κ3) is 16.6. The second-order valence-electron chi connectivity index (χ2n) is 22.0. The molecule has 0 spiro atoms. The summed E-state index contributed by atoms with van der Waals surface area (Å²) in [5.74, 6) is -4.49. The fourth-order valence-corrected chi connectivity index (χ4v) is 9.55. The largest absolute Gasteiger partial charge is 0.394 e.